The van der Waals surface area contributed by atoms with Crippen LogP contribution in [0.1, 0.15) is 72.6 Å². The summed E-state index contributed by atoms with van der Waals surface area (Å²) in [7, 11) is -3.55. The summed E-state index contributed by atoms with van der Waals surface area (Å²) in [4.78, 5) is 14.1. The highest BCUT2D eigenvalue weighted by Gasteiger charge is 2.27. The second-order valence-electron chi connectivity index (χ2n) is 7.22. The summed E-state index contributed by atoms with van der Waals surface area (Å²) in [6, 6.07) is 0.0293. The van der Waals surface area contributed by atoms with Crippen molar-refractivity contribution in [1.29, 1.82) is 0 Å². The van der Waals surface area contributed by atoms with Crippen LogP contribution in [-0.4, -0.2) is 43.6 Å². The first-order valence-corrected chi connectivity index (χ1v) is 10.7. The highest BCUT2D eigenvalue weighted by molar-refractivity contribution is 7.90. The van der Waals surface area contributed by atoms with E-state index in [9.17, 15) is 13.2 Å². The first kappa shape index (κ1) is 20.4. The topological polar surface area (TPSA) is 66.5 Å². The summed E-state index contributed by atoms with van der Waals surface area (Å²) in [5, 5.41) is 0. The van der Waals surface area contributed by atoms with Gasteiger partial charge in [-0.05, 0) is 51.9 Å². The number of hydrogen-bond acceptors (Lipinski definition) is 3. The summed E-state index contributed by atoms with van der Waals surface area (Å²) in [5.41, 5.74) is 0. The molecular formula is C17H34N2O3S. The molecule has 1 fully saturated rings. The van der Waals surface area contributed by atoms with Gasteiger partial charge in [-0.1, -0.05) is 26.7 Å². The average molecular weight is 347 g/mol. The zero-order chi connectivity index (χ0) is 17.5. The molecule has 1 saturated carbocycles. The van der Waals surface area contributed by atoms with E-state index in [1.54, 1.807) is 4.90 Å². The Morgan fingerprint density at radius 3 is 2.30 bits per heavy atom. The summed E-state index contributed by atoms with van der Waals surface area (Å²) in [6.07, 6.45) is 6.92. The van der Waals surface area contributed by atoms with Gasteiger partial charge < -0.3 is 4.90 Å². The second kappa shape index (κ2) is 9.62. The van der Waals surface area contributed by atoms with E-state index >= 15 is 0 Å². The smallest absolute Gasteiger partial charge is 0.239 e. The summed E-state index contributed by atoms with van der Waals surface area (Å²) in [5.74, 6) is -0.0382. The molecule has 0 unspecified atom stereocenters. The van der Waals surface area contributed by atoms with E-state index in [0.717, 1.165) is 44.9 Å². The first-order chi connectivity index (χ1) is 10.7. The monoisotopic (exact) mass is 346 g/mol. The van der Waals surface area contributed by atoms with E-state index < -0.39 is 15.8 Å². The molecule has 1 amide bonds. The minimum atomic E-state index is -3.55. The van der Waals surface area contributed by atoms with Crippen LogP contribution in [0.4, 0.5) is 0 Å². The highest BCUT2D eigenvalue weighted by atomic mass is 32.2. The Morgan fingerprint density at radius 1 is 1.17 bits per heavy atom. The first-order valence-electron chi connectivity index (χ1n) is 9.04. The van der Waals surface area contributed by atoms with Crippen LogP contribution in [0.2, 0.25) is 0 Å². The fourth-order valence-electron chi connectivity index (χ4n) is 3.12. The average Bonchev–Trinajstić information content (AvgIpc) is 2.44. The maximum absolute atomic E-state index is 12.4. The number of carbonyl (C=O) groups is 1. The minimum absolute atomic E-state index is 0.00316. The Labute approximate surface area is 142 Å². The van der Waals surface area contributed by atoms with Crippen LogP contribution < -0.4 is 4.72 Å². The largest absolute Gasteiger partial charge is 0.339 e. The predicted molar refractivity (Wildman–Crippen MR) is 94.7 cm³/mol. The van der Waals surface area contributed by atoms with Crippen molar-refractivity contribution in [3.8, 4) is 0 Å². The molecule has 0 spiro atoms. The van der Waals surface area contributed by atoms with Gasteiger partial charge in [0.15, 0.2) is 0 Å². The van der Waals surface area contributed by atoms with Crippen molar-refractivity contribution in [2.75, 3.05) is 12.3 Å². The predicted octanol–water partition coefficient (Wildman–Crippen LogP) is 2.91. The number of unbranched alkanes of at least 4 members (excludes halogenated alkanes) is 2. The van der Waals surface area contributed by atoms with Gasteiger partial charge in [0.05, 0.1) is 0 Å². The molecule has 0 heterocycles. The molecule has 0 aromatic carbocycles. The molecule has 136 valence electrons. The van der Waals surface area contributed by atoms with Crippen molar-refractivity contribution in [1.82, 2.24) is 9.62 Å². The zero-order valence-corrected chi connectivity index (χ0v) is 16.0. The third kappa shape index (κ3) is 7.66. The van der Waals surface area contributed by atoms with Crippen molar-refractivity contribution in [3.63, 3.8) is 0 Å². The second-order valence-corrected chi connectivity index (χ2v) is 8.98. The molecule has 1 aliphatic rings. The van der Waals surface area contributed by atoms with Crippen molar-refractivity contribution in [2.24, 2.45) is 5.92 Å². The lowest BCUT2D eigenvalue weighted by molar-refractivity contribution is -0.130. The number of hydrogen-bond donors (Lipinski definition) is 1. The highest BCUT2D eigenvalue weighted by Crippen LogP contribution is 2.23. The number of carbonyl (C=O) groups excluding carboxylic acids is 1. The third-order valence-corrected chi connectivity index (χ3v) is 5.94. The molecular weight excluding hydrogens is 312 g/mol. The van der Waals surface area contributed by atoms with Gasteiger partial charge in [-0.2, -0.15) is 0 Å². The van der Waals surface area contributed by atoms with E-state index in [2.05, 4.69) is 18.6 Å². The Kier molecular flexibility index (Phi) is 8.54. The number of amides is 1. The normalized spacial score (nSPS) is 22.3. The van der Waals surface area contributed by atoms with Crippen LogP contribution in [0.5, 0.6) is 0 Å². The summed E-state index contributed by atoms with van der Waals surface area (Å²) in [6.45, 7) is 8.83. The van der Waals surface area contributed by atoms with Gasteiger partial charge in [0.1, 0.15) is 5.75 Å². The van der Waals surface area contributed by atoms with E-state index in [-0.39, 0.29) is 18.0 Å². The molecule has 0 atom stereocenters. The lowest BCUT2D eigenvalue weighted by Gasteiger charge is -2.29. The lowest BCUT2D eigenvalue weighted by Crippen LogP contribution is -2.46. The van der Waals surface area contributed by atoms with E-state index in [0.29, 0.717) is 12.5 Å². The van der Waals surface area contributed by atoms with Crippen LogP contribution in [0.15, 0.2) is 0 Å². The van der Waals surface area contributed by atoms with Crippen LogP contribution in [0.3, 0.4) is 0 Å². The van der Waals surface area contributed by atoms with Gasteiger partial charge in [0, 0.05) is 18.6 Å². The Balaban J connectivity index is 2.54. The van der Waals surface area contributed by atoms with Crippen molar-refractivity contribution in [3.05, 3.63) is 0 Å². The molecule has 6 heteroatoms. The molecule has 0 radical (unpaired) electrons. The van der Waals surface area contributed by atoms with Gasteiger partial charge >= 0.3 is 0 Å². The molecule has 1 aliphatic carbocycles. The summed E-state index contributed by atoms with van der Waals surface area (Å²) < 4.78 is 27.3. The van der Waals surface area contributed by atoms with Crippen LogP contribution in [-0.2, 0) is 14.8 Å². The van der Waals surface area contributed by atoms with Crippen molar-refractivity contribution < 1.29 is 13.2 Å². The molecule has 0 bridgehead atoms. The molecule has 1 N–H and O–H groups in total. The van der Waals surface area contributed by atoms with Crippen molar-refractivity contribution >= 4 is 15.9 Å². The molecule has 23 heavy (non-hydrogen) atoms. The Hall–Kier alpha value is -0.620. The van der Waals surface area contributed by atoms with Gasteiger partial charge in [0.2, 0.25) is 15.9 Å². The fraction of sp³-hybridized carbons (Fsp3) is 0.941. The maximum Gasteiger partial charge on any atom is 0.239 e. The fourth-order valence-corrected chi connectivity index (χ4v) is 4.44. The van der Waals surface area contributed by atoms with Gasteiger partial charge in [0.25, 0.3) is 0 Å². The van der Waals surface area contributed by atoms with Gasteiger partial charge in [-0.25, -0.2) is 13.1 Å². The van der Waals surface area contributed by atoms with Crippen LogP contribution >= 0.6 is 0 Å². The minimum Gasteiger partial charge on any atom is -0.339 e. The molecule has 0 aromatic heterocycles. The molecule has 0 aliphatic heterocycles. The standard InChI is InChI=1S/C17H34N2O3S/c1-5-6-7-12-19(14(2)3)17(20)13-23(21,22)18-16-10-8-15(4)9-11-16/h14-16,18H,5-13H2,1-4H3. The Bertz CT molecular complexity index is 454. The molecule has 1 rings (SSSR count). The van der Waals surface area contributed by atoms with E-state index in [4.69, 9.17) is 0 Å². The quantitative estimate of drug-likeness (QED) is 0.653. The number of sulfonamides is 1. The van der Waals surface area contributed by atoms with Gasteiger partial charge in [-0.15, -0.1) is 0 Å². The van der Waals surface area contributed by atoms with E-state index in [1.807, 2.05) is 13.8 Å². The van der Waals surface area contributed by atoms with E-state index in [1.165, 1.54) is 0 Å². The maximum atomic E-state index is 12.4. The SMILES string of the molecule is CCCCCN(C(=O)CS(=O)(=O)NC1CCC(C)CC1)C(C)C. The molecule has 0 saturated heterocycles. The number of nitrogens with one attached hydrogen (secondary N) is 1. The molecule has 0 aromatic rings. The van der Waals surface area contributed by atoms with Gasteiger partial charge in [-0.3, -0.25) is 4.79 Å². The van der Waals surface area contributed by atoms with Crippen molar-refractivity contribution in [2.45, 2.75) is 84.7 Å². The summed E-state index contributed by atoms with van der Waals surface area (Å²) >= 11 is 0. The third-order valence-electron chi connectivity index (χ3n) is 4.62. The number of nitrogens with zero attached hydrogens (tertiary/aromatic N) is 1. The Morgan fingerprint density at radius 2 is 1.78 bits per heavy atom. The molecule has 5 nitrogen and oxygen atoms in total. The number of rotatable bonds is 9. The van der Waals surface area contributed by atoms with Crippen LogP contribution in [0.25, 0.3) is 0 Å². The zero-order valence-electron chi connectivity index (χ0n) is 15.2. The van der Waals surface area contributed by atoms with Crippen LogP contribution in [0, 0.1) is 5.92 Å². The lowest BCUT2D eigenvalue weighted by atomic mass is 9.88.